The maximum Gasteiger partial charge on any atom is 0.254 e. The van der Waals surface area contributed by atoms with E-state index in [0.29, 0.717) is 29.0 Å². The summed E-state index contributed by atoms with van der Waals surface area (Å²) in [5, 5.41) is 12.6. The highest BCUT2D eigenvalue weighted by atomic mass is 35.5. The van der Waals surface area contributed by atoms with Crippen LogP contribution < -0.4 is 10.0 Å². The highest BCUT2D eigenvalue weighted by Gasteiger charge is 2.50. The van der Waals surface area contributed by atoms with E-state index in [1.807, 2.05) is 18.2 Å². The molecule has 3 unspecified atom stereocenters. The smallest absolute Gasteiger partial charge is 0.254 e. The zero-order chi connectivity index (χ0) is 25.3. The van der Waals surface area contributed by atoms with Crippen LogP contribution in [0.3, 0.4) is 0 Å². The molecule has 2 amide bonds. The second-order valence-corrected chi connectivity index (χ2v) is 11.7. The van der Waals surface area contributed by atoms with E-state index in [0.717, 1.165) is 19.1 Å². The highest BCUT2D eigenvalue weighted by Crippen LogP contribution is 2.43. The number of rotatable bonds is 6. The van der Waals surface area contributed by atoms with Crippen LogP contribution >= 0.6 is 11.6 Å². The zero-order valence-corrected chi connectivity index (χ0v) is 21.2. The summed E-state index contributed by atoms with van der Waals surface area (Å²) in [6.45, 7) is 1.60. The third kappa shape index (κ3) is 5.30. The van der Waals surface area contributed by atoms with E-state index in [1.165, 1.54) is 0 Å². The van der Waals surface area contributed by atoms with Gasteiger partial charge in [0.2, 0.25) is 15.9 Å². The topological polar surface area (TPSA) is 119 Å². The summed E-state index contributed by atoms with van der Waals surface area (Å²) in [5.74, 6) is -1.72. The highest BCUT2D eigenvalue weighted by molar-refractivity contribution is 7.88. The first-order valence-corrected chi connectivity index (χ1v) is 14.0. The molecule has 3 aliphatic rings. The molecule has 4 rings (SSSR count). The van der Waals surface area contributed by atoms with E-state index in [9.17, 15) is 23.3 Å². The van der Waals surface area contributed by atoms with Gasteiger partial charge in [-0.25, -0.2) is 13.1 Å². The van der Waals surface area contributed by atoms with Crippen molar-refractivity contribution in [1.29, 1.82) is 5.26 Å². The number of nitriles is 1. The van der Waals surface area contributed by atoms with Crippen LogP contribution in [0, 0.1) is 17.2 Å². The minimum atomic E-state index is -3.52. The van der Waals surface area contributed by atoms with Crippen LogP contribution in [0.2, 0.25) is 0 Å². The number of carbonyl (C=O) groups is 2. The van der Waals surface area contributed by atoms with Crippen molar-refractivity contribution in [2.24, 2.45) is 5.92 Å². The third-order valence-electron chi connectivity index (χ3n) is 6.93. The monoisotopic (exact) mass is 516 g/mol. The van der Waals surface area contributed by atoms with Gasteiger partial charge in [0.05, 0.1) is 24.3 Å². The molecule has 1 aromatic carbocycles. The Hall–Kier alpha value is -2.67. The molecule has 186 valence electrons. The van der Waals surface area contributed by atoms with Crippen LogP contribution in [0.25, 0.3) is 0 Å². The number of halogens is 1. The molecule has 35 heavy (non-hydrogen) atoms. The molecule has 0 bridgehead atoms. The van der Waals surface area contributed by atoms with Gasteiger partial charge in [-0.05, 0) is 37.5 Å². The third-order valence-corrected chi connectivity index (χ3v) is 7.92. The summed E-state index contributed by atoms with van der Waals surface area (Å²) in [4.78, 5) is 29.4. The van der Waals surface area contributed by atoms with E-state index in [2.05, 4.69) is 10.0 Å². The Morgan fingerprint density at radius 3 is 2.63 bits per heavy atom. The van der Waals surface area contributed by atoms with Crippen LogP contribution in [0.15, 0.2) is 47.5 Å². The number of carbonyl (C=O) groups excluding carboxylic acids is 2. The minimum absolute atomic E-state index is 0.236. The fraction of sp³-hybridized carbons (Fsp3) is 0.480. The van der Waals surface area contributed by atoms with E-state index in [1.54, 1.807) is 42.2 Å². The molecular formula is C25H29ClN4O4S. The van der Waals surface area contributed by atoms with Crippen molar-refractivity contribution in [3.8, 4) is 6.07 Å². The van der Waals surface area contributed by atoms with Crippen molar-refractivity contribution in [2.45, 2.75) is 62.7 Å². The molecule has 1 saturated carbocycles. The summed E-state index contributed by atoms with van der Waals surface area (Å²) < 4.78 is 27.1. The SMILES string of the molecule is CC(C#N)NC(=O)[C@@H]1c2ccccc2C(=O)N([C@H]2CCCC[C@@H]2NS(C)(=O)=O)C1C1C=CC(Cl)=C1. The second-order valence-electron chi connectivity index (χ2n) is 9.46. The van der Waals surface area contributed by atoms with Gasteiger partial charge in [0.1, 0.15) is 6.04 Å². The van der Waals surface area contributed by atoms with Crippen molar-refractivity contribution < 1.29 is 18.0 Å². The van der Waals surface area contributed by atoms with Crippen molar-refractivity contribution in [2.75, 3.05) is 6.26 Å². The fourth-order valence-electron chi connectivity index (χ4n) is 5.56. The molecule has 0 aromatic heterocycles. The van der Waals surface area contributed by atoms with Gasteiger partial charge in [-0.3, -0.25) is 9.59 Å². The van der Waals surface area contributed by atoms with Crippen molar-refractivity contribution in [3.63, 3.8) is 0 Å². The molecule has 0 radical (unpaired) electrons. The van der Waals surface area contributed by atoms with Gasteiger partial charge >= 0.3 is 0 Å². The van der Waals surface area contributed by atoms with E-state index in [-0.39, 0.29) is 17.7 Å². The van der Waals surface area contributed by atoms with Gasteiger partial charge in [-0.15, -0.1) is 0 Å². The van der Waals surface area contributed by atoms with Crippen molar-refractivity contribution in [3.05, 3.63) is 58.7 Å². The number of allylic oxidation sites excluding steroid dienone is 2. The molecule has 2 aliphatic carbocycles. The number of nitrogens with one attached hydrogen (secondary N) is 2. The average Bonchev–Trinajstić information content (AvgIpc) is 3.24. The van der Waals surface area contributed by atoms with Crippen LogP contribution in [0.4, 0.5) is 0 Å². The van der Waals surface area contributed by atoms with Crippen molar-refractivity contribution >= 4 is 33.4 Å². The van der Waals surface area contributed by atoms with Crippen LogP contribution in [-0.4, -0.2) is 55.6 Å². The first kappa shape index (κ1) is 25.4. The number of hydrogen-bond donors (Lipinski definition) is 2. The van der Waals surface area contributed by atoms with Gasteiger partial charge < -0.3 is 10.2 Å². The molecule has 1 heterocycles. The van der Waals surface area contributed by atoms with Gasteiger partial charge in [0, 0.05) is 28.6 Å². The Bertz CT molecular complexity index is 1220. The molecule has 8 nitrogen and oxygen atoms in total. The number of sulfonamides is 1. The number of nitrogens with zero attached hydrogens (tertiary/aromatic N) is 2. The normalized spacial score (nSPS) is 29.2. The summed E-state index contributed by atoms with van der Waals surface area (Å²) in [6, 6.07) is 6.78. The summed E-state index contributed by atoms with van der Waals surface area (Å²) in [7, 11) is -3.52. The average molecular weight is 517 g/mol. The van der Waals surface area contributed by atoms with E-state index in [4.69, 9.17) is 11.6 Å². The number of amides is 2. The standard InChI is InChI=1S/C25H29ClN4O4S/c1-15(14-27)28-24(31)22-18-7-3-4-8-19(18)25(32)30(23(22)16-11-12-17(26)13-16)21-10-6-5-9-20(21)29-35(2,33)34/h3-4,7-8,11-13,15-16,20-23,29H,5-6,9-10H2,1-2H3,(H,28,31)/t15?,16?,20-,21-,22+,23?/m0/s1. The van der Waals surface area contributed by atoms with E-state index < -0.39 is 40.1 Å². The Kier molecular flexibility index (Phi) is 7.36. The fourth-order valence-corrected chi connectivity index (χ4v) is 6.60. The molecule has 0 saturated heterocycles. The quantitative estimate of drug-likeness (QED) is 0.602. The lowest BCUT2D eigenvalue weighted by molar-refractivity contribution is -0.125. The Morgan fingerprint density at radius 1 is 1.26 bits per heavy atom. The molecule has 1 aromatic rings. The second kappa shape index (κ2) is 10.1. The molecule has 2 N–H and O–H groups in total. The van der Waals surface area contributed by atoms with Crippen LogP contribution in [-0.2, 0) is 14.8 Å². The zero-order valence-electron chi connectivity index (χ0n) is 19.6. The Labute approximate surface area is 211 Å². The van der Waals surface area contributed by atoms with Gasteiger partial charge in [-0.1, -0.05) is 54.8 Å². The number of hydrogen-bond acceptors (Lipinski definition) is 5. The lowest BCUT2D eigenvalue weighted by atomic mass is 9.74. The van der Waals surface area contributed by atoms with Gasteiger partial charge in [0.25, 0.3) is 5.91 Å². The van der Waals surface area contributed by atoms with E-state index >= 15 is 0 Å². The maximum absolute atomic E-state index is 14.0. The largest absolute Gasteiger partial charge is 0.340 e. The Morgan fingerprint density at radius 2 is 1.97 bits per heavy atom. The molecule has 6 atom stereocenters. The predicted octanol–water partition coefficient (Wildman–Crippen LogP) is 2.79. The first-order chi connectivity index (χ1) is 16.6. The summed E-state index contributed by atoms with van der Waals surface area (Å²) in [6.07, 6.45) is 9.42. The van der Waals surface area contributed by atoms with Crippen LogP contribution in [0.1, 0.15) is 54.4 Å². The molecule has 1 aliphatic heterocycles. The van der Waals surface area contributed by atoms with Gasteiger partial charge in [-0.2, -0.15) is 5.26 Å². The minimum Gasteiger partial charge on any atom is -0.340 e. The van der Waals surface area contributed by atoms with Crippen LogP contribution in [0.5, 0.6) is 0 Å². The first-order valence-electron chi connectivity index (χ1n) is 11.7. The lowest BCUT2D eigenvalue weighted by Gasteiger charge is -2.50. The molecule has 1 fully saturated rings. The summed E-state index contributed by atoms with van der Waals surface area (Å²) in [5.41, 5.74) is 1.00. The van der Waals surface area contributed by atoms with Crippen molar-refractivity contribution in [1.82, 2.24) is 14.9 Å². The van der Waals surface area contributed by atoms with Gasteiger partial charge in [0.15, 0.2) is 0 Å². The Balaban J connectivity index is 1.87. The molecular weight excluding hydrogens is 488 g/mol. The number of fused-ring (bicyclic) bond motifs is 1. The predicted molar refractivity (Wildman–Crippen MR) is 133 cm³/mol. The molecule has 10 heteroatoms. The number of benzene rings is 1. The molecule has 0 spiro atoms. The lowest BCUT2D eigenvalue weighted by Crippen LogP contribution is -2.63. The summed E-state index contributed by atoms with van der Waals surface area (Å²) >= 11 is 6.28. The maximum atomic E-state index is 14.0.